The molecule has 15 heavy (non-hydrogen) atoms. The van der Waals surface area contributed by atoms with Crippen LogP contribution in [0, 0.1) is 5.82 Å². The van der Waals surface area contributed by atoms with Crippen LogP contribution in [0.1, 0.15) is 12.0 Å². The van der Waals surface area contributed by atoms with Gasteiger partial charge in [0, 0.05) is 11.8 Å². The largest absolute Gasteiger partial charge is 0.316 e. The molecule has 3 heteroatoms. The Bertz CT molecular complexity index is 310. The molecule has 1 aliphatic heterocycles. The summed E-state index contributed by atoms with van der Waals surface area (Å²) in [5.41, 5.74) is 0.843. The van der Waals surface area contributed by atoms with Gasteiger partial charge in [0.1, 0.15) is 5.82 Å². The third-order valence-electron chi connectivity index (χ3n) is 2.70. The average molecular weight is 225 g/mol. The van der Waals surface area contributed by atoms with E-state index in [0.29, 0.717) is 0 Å². The van der Waals surface area contributed by atoms with Crippen LogP contribution in [0.5, 0.6) is 0 Å². The highest BCUT2D eigenvalue weighted by molar-refractivity contribution is 7.99. The first kappa shape index (κ1) is 11.0. The van der Waals surface area contributed by atoms with Crippen molar-refractivity contribution in [3.63, 3.8) is 0 Å². The molecule has 0 saturated carbocycles. The topological polar surface area (TPSA) is 12.0 Å². The fourth-order valence-corrected chi connectivity index (χ4v) is 3.00. The van der Waals surface area contributed by atoms with Crippen LogP contribution in [-0.4, -0.2) is 24.1 Å². The maximum atomic E-state index is 13.3. The van der Waals surface area contributed by atoms with E-state index in [9.17, 15) is 4.39 Å². The van der Waals surface area contributed by atoms with Crippen LogP contribution in [-0.2, 0) is 6.42 Å². The standard InChI is InChI=1S/C12H16FNS/c13-12-4-2-1-3-10(12)6-8-15-11-5-7-14-9-11/h1-4,11,14H,5-9H2. The summed E-state index contributed by atoms with van der Waals surface area (Å²) in [4.78, 5) is 0. The van der Waals surface area contributed by atoms with Gasteiger partial charge in [-0.15, -0.1) is 0 Å². The molecule has 0 radical (unpaired) electrons. The minimum absolute atomic E-state index is 0.0670. The van der Waals surface area contributed by atoms with E-state index in [0.717, 1.165) is 36.1 Å². The minimum Gasteiger partial charge on any atom is -0.316 e. The fourth-order valence-electron chi connectivity index (χ4n) is 1.81. The van der Waals surface area contributed by atoms with Crippen LogP contribution in [0.4, 0.5) is 4.39 Å². The van der Waals surface area contributed by atoms with Crippen molar-refractivity contribution in [3.05, 3.63) is 35.6 Å². The van der Waals surface area contributed by atoms with Gasteiger partial charge < -0.3 is 5.32 Å². The summed E-state index contributed by atoms with van der Waals surface area (Å²) in [5.74, 6) is 0.954. The smallest absolute Gasteiger partial charge is 0.126 e. The Kier molecular flexibility index (Phi) is 4.03. The summed E-state index contributed by atoms with van der Waals surface area (Å²) in [6, 6.07) is 7.06. The number of benzene rings is 1. The number of halogens is 1. The second-order valence-corrected chi connectivity index (χ2v) is 5.24. The summed E-state index contributed by atoms with van der Waals surface area (Å²) in [7, 11) is 0. The van der Waals surface area contributed by atoms with Crippen LogP contribution >= 0.6 is 11.8 Å². The maximum absolute atomic E-state index is 13.3. The SMILES string of the molecule is Fc1ccccc1CCSC1CCNC1. The van der Waals surface area contributed by atoms with Gasteiger partial charge in [0.15, 0.2) is 0 Å². The van der Waals surface area contributed by atoms with E-state index in [1.54, 1.807) is 6.07 Å². The Morgan fingerprint density at radius 1 is 1.40 bits per heavy atom. The third kappa shape index (κ3) is 3.21. The molecular formula is C12H16FNS. The molecule has 1 saturated heterocycles. The fraction of sp³-hybridized carbons (Fsp3) is 0.500. The monoisotopic (exact) mass is 225 g/mol. The second-order valence-electron chi connectivity index (χ2n) is 3.83. The van der Waals surface area contributed by atoms with Crippen LogP contribution in [0.25, 0.3) is 0 Å². The molecule has 1 fully saturated rings. The molecule has 1 heterocycles. The molecule has 0 bridgehead atoms. The van der Waals surface area contributed by atoms with Gasteiger partial charge in [-0.1, -0.05) is 18.2 Å². The van der Waals surface area contributed by atoms with Crippen molar-refractivity contribution in [2.45, 2.75) is 18.1 Å². The molecule has 0 aromatic heterocycles. The van der Waals surface area contributed by atoms with E-state index < -0.39 is 0 Å². The average Bonchev–Trinajstić information content (AvgIpc) is 2.74. The first-order chi connectivity index (χ1) is 7.36. The van der Waals surface area contributed by atoms with Gasteiger partial charge >= 0.3 is 0 Å². The zero-order chi connectivity index (χ0) is 10.5. The number of nitrogens with one attached hydrogen (secondary N) is 1. The van der Waals surface area contributed by atoms with Gasteiger partial charge in [-0.2, -0.15) is 11.8 Å². The third-order valence-corrected chi connectivity index (χ3v) is 4.01. The van der Waals surface area contributed by atoms with Crippen molar-refractivity contribution >= 4 is 11.8 Å². The van der Waals surface area contributed by atoms with Crippen molar-refractivity contribution in [3.8, 4) is 0 Å². The lowest BCUT2D eigenvalue weighted by Gasteiger charge is -2.07. The maximum Gasteiger partial charge on any atom is 0.126 e. The van der Waals surface area contributed by atoms with E-state index in [1.807, 2.05) is 23.9 Å². The summed E-state index contributed by atoms with van der Waals surface area (Å²) in [6.07, 6.45) is 2.09. The Morgan fingerprint density at radius 2 is 2.27 bits per heavy atom. The molecule has 1 aromatic rings. The van der Waals surface area contributed by atoms with Crippen LogP contribution in [0.15, 0.2) is 24.3 Å². The quantitative estimate of drug-likeness (QED) is 0.845. The van der Waals surface area contributed by atoms with E-state index in [1.165, 1.54) is 12.5 Å². The van der Waals surface area contributed by atoms with Gasteiger partial charge in [-0.25, -0.2) is 4.39 Å². The molecule has 0 aliphatic carbocycles. The lowest BCUT2D eigenvalue weighted by atomic mass is 10.2. The van der Waals surface area contributed by atoms with Crippen LogP contribution in [0.3, 0.4) is 0 Å². The molecule has 0 spiro atoms. The summed E-state index contributed by atoms with van der Waals surface area (Å²) >= 11 is 1.96. The van der Waals surface area contributed by atoms with Gasteiger partial charge in [-0.05, 0) is 36.8 Å². The summed E-state index contributed by atoms with van der Waals surface area (Å²) in [6.45, 7) is 2.25. The van der Waals surface area contributed by atoms with Crippen molar-refractivity contribution in [1.29, 1.82) is 0 Å². The molecule has 1 aromatic carbocycles. The van der Waals surface area contributed by atoms with Crippen molar-refractivity contribution in [1.82, 2.24) is 5.32 Å². The summed E-state index contributed by atoms with van der Waals surface area (Å²) in [5, 5.41) is 4.07. The van der Waals surface area contributed by atoms with Crippen LogP contribution in [0.2, 0.25) is 0 Å². The number of aryl methyl sites for hydroxylation is 1. The molecule has 82 valence electrons. The van der Waals surface area contributed by atoms with E-state index >= 15 is 0 Å². The van der Waals surface area contributed by atoms with E-state index in [-0.39, 0.29) is 5.82 Å². The minimum atomic E-state index is -0.0670. The molecular weight excluding hydrogens is 209 g/mol. The molecule has 1 atom stereocenters. The first-order valence-corrected chi connectivity index (χ1v) is 6.47. The molecule has 1 unspecified atom stereocenters. The van der Waals surface area contributed by atoms with Gasteiger partial charge in [-0.3, -0.25) is 0 Å². The number of thioether (sulfide) groups is 1. The van der Waals surface area contributed by atoms with Gasteiger partial charge in [0.2, 0.25) is 0 Å². The van der Waals surface area contributed by atoms with Gasteiger partial charge in [0.05, 0.1) is 0 Å². The van der Waals surface area contributed by atoms with E-state index in [2.05, 4.69) is 5.32 Å². The van der Waals surface area contributed by atoms with Crippen molar-refractivity contribution in [2.24, 2.45) is 0 Å². The highest BCUT2D eigenvalue weighted by atomic mass is 32.2. The van der Waals surface area contributed by atoms with Gasteiger partial charge in [0.25, 0.3) is 0 Å². The number of hydrogen-bond acceptors (Lipinski definition) is 2. The van der Waals surface area contributed by atoms with Crippen molar-refractivity contribution < 1.29 is 4.39 Å². The second kappa shape index (κ2) is 5.52. The lowest BCUT2D eigenvalue weighted by Crippen LogP contribution is -2.10. The Morgan fingerprint density at radius 3 is 3.00 bits per heavy atom. The highest BCUT2D eigenvalue weighted by Gasteiger charge is 2.14. The predicted molar refractivity (Wildman–Crippen MR) is 63.8 cm³/mol. The van der Waals surface area contributed by atoms with E-state index in [4.69, 9.17) is 0 Å². The van der Waals surface area contributed by atoms with Crippen molar-refractivity contribution in [2.75, 3.05) is 18.8 Å². The number of hydrogen-bond donors (Lipinski definition) is 1. The molecule has 0 amide bonds. The zero-order valence-corrected chi connectivity index (χ0v) is 9.52. The number of rotatable bonds is 4. The molecule has 1 aliphatic rings. The predicted octanol–water partition coefficient (Wildman–Crippen LogP) is 2.46. The van der Waals surface area contributed by atoms with Crippen LogP contribution < -0.4 is 5.32 Å². The zero-order valence-electron chi connectivity index (χ0n) is 8.71. The lowest BCUT2D eigenvalue weighted by molar-refractivity contribution is 0.612. The Balaban J connectivity index is 1.75. The molecule has 2 rings (SSSR count). The Hall–Kier alpha value is -0.540. The molecule has 1 N–H and O–H groups in total. The first-order valence-electron chi connectivity index (χ1n) is 5.42. The summed E-state index contributed by atoms with van der Waals surface area (Å²) < 4.78 is 13.3. The highest BCUT2D eigenvalue weighted by Crippen LogP contribution is 2.19. The molecule has 1 nitrogen and oxygen atoms in total. The Labute approximate surface area is 94.5 Å². The normalized spacial score (nSPS) is 20.7.